The fraction of sp³-hybridized carbons (Fsp3) is 0.300. The largest absolute Gasteiger partial charge is 0.367 e. The first-order chi connectivity index (χ1) is 13.8. The van der Waals surface area contributed by atoms with Gasteiger partial charge in [0.25, 0.3) is 5.91 Å². The molecule has 9 heteroatoms. The third-order valence-electron chi connectivity index (χ3n) is 4.48. The predicted molar refractivity (Wildman–Crippen MR) is 106 cm³/mol. The lowest BCUT2D eigenvalue weighted by molar-refractivity contribution is -0.139. The van der Waals surface area contributed by atoms with E-state index < -0.39 is 18.0 Å². The molecule has 0 aromatic carbocycles. The van der Waals surface area contributed by atoms with Crippen molar-refractivity contribution in [3.63, 3.8) is 0 Å². The highest BCUT2D eigenvalue weighted by Crippen LogP contribution is 2.30. The number of rotatable bonds is 4. The first kappa shape index (κ1) is 20.9. The van der Waals surface area contributed by atoms with Gasteiger partial charge in [-0.15, -0.1) is 0 Å². The second-order valence-electron chi connectivity index (χ2n) is 6.63. The third kappa shape index (κ3) is 4.78. The van der Waals surface area contributed by atoms with Crippen molar-refractivity contribution in [2.24, 2.45) is 0 Å². The topological polar surface area (TPSA) is 84.4 Å². The van der Waals surface area contributed by atoms with Crippen molar-refractivity contribution in [1.82, 2.24) is 20.2 Å². The first-order valence-corrected chi connectivity index (χ1v) is 9.32. The van der Waals surface area contributed by atoms with Crippen molar-refractivity contribution < 1.29 is 18.7 Å². The van der Waals surface area contributed by atoms with E-state index in [0.29, 0.717) is 29.9 Å². The van der Waals surface area contributed by atoms with Gasteiger partial charge < -0.3 is 15.0 Å². The quantitative estimate of drug-likeness (QED) is 0.609. The number of aromatic nitrogens is 2. The predicted octanol–water partition coefficient (Wildman–Crippen LogP) is 2.77. The maximum absolute atomic E-state index is 14.0. The highest BCUT2D eigenvalue weighted by molar-refractivity contribution is 6.29. The van der Waals surface area contributed by atoms with E-state index in [-0.39, 0.29) is 22.9 Å². The summed E-state index contributed by atoms with van der Waals surface area (Å²) < 4.78 is 19.9. The Hall–Kier alpha value is -2.84. The number of carbonyl (C=O) groups excluding carboxylic acids is 2. The molecular formula is C20H20ClFN4O3. The van der Waals surface area contributed by atoms with Crippen molar-refractivity contribution in [3.8, 4) is 11.3 Å². The van der Waals surface area contributed by atoms with Crippen LogP contribution in [-0.2, 0) is 9.53 Å². The van der Waals surface area contributed by atoms with E-state index in [9.17, 15) is 14.0 Å². The number of morpholine rings is 1. The Morgan fingerprint density at radius 3 is 2.76 bits per heavy atom. The average Bonchev–Trinajstić information content (AvgIpc) is 2.71. The lowest BCUT2D eigenvalue weighted by atomic mass is 10.0. The molecule has 1 N–H and O–H groups in total. The molecule has 29 heavy (non-hydrogen) atoms. The standard InChI is InChI=1S/C20H20ClFN4O3/c1-4-19(27)26-9-11(2)29-16(10-26)13-6-14(24-17(21)7-13)12-5-15(20(28)23-3)25-18(22)8-12/h4-8,11,16H,1,9-10H2,2-3H3,(H,23,28)/t11-,16?/m0/s1. The highest BCUT2D eigenvalue weighted by atomic mass is 35.5. The Labute approximate surface area is 172 Å². The number of nitrogens with zero attached hydrogens (tertiary/aromatic N) is 3. The fourth-order valence-electron chi connectivity index (χ4n) is 3.18. The van der Waals surface area contributed by atoms with E-state index in [4.69, 9.17) is 16.3 Å². The molecule has 0 bridgehead atoms. The molecule has 0 aliphatic carbocycles. The van der Waals surface area contributed by atoms with Crippen molar-refractivity contribution in [1.29, 1.82) is 0 Å². The van der Waals surface area contributed by atoms with E-state index in [1.165, 1.54) is 25.3 Å². The van der Waals surface area contributed by atoms with E-state index in [0.717, 1.165) is 0 Å². The number of carbonyl (C=O) groups is 2. The van der Waals surface area contributed by atoms with Crippen molar-refractivity contribution >= 4 is 23.4 Å². The van der Waals surface area contributed by atoms with Gasteiger partial charge in [0.2, 0.25) is 11.9 Å². The minimum atomic E-state index is -0.810. The Bertz CT molecular complexity index is 969. The van der Waals surface area contributed by atoms with Crippen LogP contribution in [0.15, 0.2) is 36.9 Å². The van der Waals surface area contributed by atoms with Gasteiger partial charge >= 0.3 is 0 Å². The first-order valence-electron chi connectivity index (χ1n) is 8.95. The molecule has 152 valence electrons. The SMILES string of the molecule is C=CC(=O)N1CC(c2cc(Cl)nc(-c3cc(F)nc(C(=O)NC)c3)c2)O[C@@H](C)C1. The van der Waals surface area contributed by atoms with Crippen molar-refractivity contribution in [3.05, 3.63) is 59.3 Å². The maximum atomic E-state index is 14.0. The summed E-state index contributed by atoms with van der Waals surface area (Å²) in [6, 6.07) is 5.95. The summed E-state index contributed by atoms with van der Waals surface area (Å²) in [5.41, 5.74) is 1.33. The lowest BCUT2D eigenvalue weighted by Crippen LogP contribution is -2.45. The Morgan fingerprint density at radius 1 is 1.31 bits per heavy atom. The summed E-state index contributed by atoms with van der Waals surface area (Å²) in [6.45, 7) is 6.17. The monoisotopic (exact) mass is 418 g/mol. The maximum Gasteiger partial charge on any atom is 0.269 e. The number of hydrogen-bond acceptors (Lipinski definition) is 5. The van der Waals surface area contributed by atoms with Gasteiger partial charge in [0.05, 0.1) is 18.3 Å². The zero-order valence-electron chi connectivity index (χ0n) is 16.0. The van der Waals surface area contributed by atoms with Gasteiger partial charge in [0, 0.05) is 25.2 Å². The minimum Gasteiger partial charge on any atom is -0.367 e. The Kier molecular flexibility index (Phi) is 6.24. The molecule has 7 nitrogen and oxygen atoms in total. The highest BCUT2D eigenvalue weighted by Gasteiger charge is 2.29. The molecular weight excluding hydrogens is 399 g/mol. The zero-order chi connectivity index (χ0) is 21.1. The molecule has 3 rings (SSSR count). The summed E-state index contributed by atoms with van der Waals surface area (Å²) in [7, 11) is 1.43. The van der Waals surface area contributed by atoms with Crippen LogP contribution < -0.4 is 5.32 Å². The Balaban J connectivity index is 1.99. The van der Waals surface area contributed by atoms with Gasteiger partial charge in [-0.3, -0.25) is 9.59 Å². The fourth-order valence-corrected chi connectivity index (χ4v) is 3.40. The molecule has 2 amide bonds. The summed E-state index contributed by atoms with van der Waals surface area (Å²) in [5, 5.41) is 2.59. The van der Waals surface area contributed by atoms with E-state index in [1.807, 2.05) is 6.92 Å². The summed E-state index contributed by atoms with van der Waals surface area (Å²) in [5.74, 6) is -1.51. The zero-order valence-corrected chi connectivity index (χ0v) is 16.7. The van der Waals surface area contributed by atoms with Crippen LogP contribution in [-0.4, -0.2) is 52.9 Å². The number of pyridine rings is 2. The van der Waals surface area contributed by atoms with Gasteiger partial charge in [-0.2, -0.15) is 4.39 Å². The van der Waals surface area contributed by atoms with Crippen LogP contribution in [0.4, 0.5) is 4.39 Å². The summed E-state index contributed by atoms with van der Waals surface area (Å²) >= 11 is 6.20. The summed E-state index contributed by atoms with van der Waals surface area (Å²) in [6.07, 6.45) is 0.637. The molecule has 1 aliphatic rings. The van der Waals surface area contributed by atoms with Crippen LogP contribution in [0.25, 0.3) is 11.3 Å². The van der Waals surface area contributed by atoms with Gasteiger partial charge in [0.15, 0.2) is 0 Å². The van der Waals surface area contributed by atoms with Crippen molar-refractivity contribution in [2.45, 2.75) is 19.1 Å². The second-order valence-corrected chi connectivity index (χ2v) is 7.02. The number of nitrogens with one attached hydrogen (secondary N) is 1. The second kappa shape index (κ2) is 8.67. The van der Waals surface area contributed by atoms with Crippen LogP contribution in [0.2, 0.25) is 5.15 Å². The molecule has 0 saturated carbocycles. The van der Waals surface area contributed by atoms with Gasteiger partial charge in [0.1, 0.15) is 17.0 Å². The molecule has 3 heterocycles. The van der Waals surface area contributed by atoms with Crippen molar-refractivity contribution in [2.75, 3.05) is 20.1 Å². The summed E-state index contributed by atoms with van der Waals surface area (Å²) in [4.78, 5) is 33.4. The number of halogens is 2. The lowest BCUT2D eigenvalue weighted by Gasteiger charge is -2.36. The number of hydrogen-bond donors (Lipinski definition) is 1. The molecule has 0 radical (unpaired) electrons. The Morgan fingerprint density at radius 2 is 2.07 bits per heavy atom. The van der Waals surface area contributed by atoms with Crippen LogP contribution in [0, 0.1) is 5.95 Å². The third-order valence-corrected chi connectivity index (χ3v) is 4.68. The molecule has 2 atom stereocenters. The average molecular weight is 419 g/mol. The van der Waals surface area contributed by atoms with Gasteiger partial charge in [-0.05, 0) is 36.8 Å². The van der Waals surface area contributed by atoms with E-state index in [2.05, 4.69) is 21.9 Å². The smallest absolute Gasteiger partial charge is 0.269 e. The number of amides is 2. The molecule has 1 fully saturated rings. The van der Waals surface area contributed by atoms with Crippen LogP contribution in [0.5, 0.6) is 0 Å². The molecule has 2 aromatic heterocycles. The normalized spacial score (nSPS) is 19.0. The van der Waals surface area contributed by atoms with E-state index in [1.54, 1.807) is 17.0 Å². The van der Waals surface area contributed by atoms with Crippen LogP contribution in [0.1, 0.15) is 29.1 Å². The van der Waals surface area contributed by atoms with E-state index >= 15 is 0 Å². The van der Waals surface area contributed by atoms with Crippen LogP contribution >= 0.6 is 11.6 Å². The molecule has 1 aliphatic heterocycles. The molecule has 2 aromatic rings. The van der Waals surface area contributed by atoms with Gasteiger partial charge in [-0.1, -0.05) is 18.2 Å². The number of ether oxygens (including phenoxy) is 1. The molecule has 0 spiro atoms. The molecule has 1 saturated heterocycles. The molecule has 1 unspecified atom stereocenters. The van der Waals surface area contributed by atoms with Gasteiger partial charge in [-0.25, -0.2) is 9.97 Å². The van der Waals surface area contributed by atoms with Crippen LogP contribution in [0.3, 0.4) is 0 Å². The minimum absolute atomic E-state index is 0.0730.